The minimum Gasteiger partial charge on any atom is -0.504 e. The van der Waals surface area contributed by atoms with Crippen molar-refractivity contribution in [2.75, 3.05) is 40.9 Å². The lowest BCUT2D eigenvalue weighted by atomic mass is 10.1. The molecular formula is C28H28N2O9. The molecule has 0 fully saturated rings. The predicted octanol–water partition coefficient (Wildman–Crippen LogP) is 5.17. The number of hydrogen-bond donors (Lipinski definition) is 2. The maximum atomic E-state index is 12.8. The number of nitro groups is 1. The van der Waals surface area contributed by atoms with Gasteiger partial charge in [-0.25, -0.2) is 0 Å². The SMILES string of the molecule is COc1ccc(/C=C/C(=O)Nc2c(C=Cc3cc(OC)c(OC)c(OC)c3)ccc(O)c2OC)cc1[N+](=O)[O-]. The molecule has 1 amide bonds. The number of phenols is 1. The topological polar surface area (TPSA) is 139 Å². The summed E-state index contributed by atoms with van der Waals surface area (Å²) < 4.78 is 26.5. The van der Waals surface area contributed by atoms with E-state index in [0.717, 1.165) is 5.56 Å². The zero-order valence-electron chi connectivity index (χ0n) is 22.0. The van der Waals surface area contributed by atoms with Crippen LogP contribution in [0.2, 0.25) is 0 Å². The Morgan fingerprint density at radius 1 is 0.795 bits per heavy atom. The van der Waals surface area contributed by atoms with Gasteiger partial charge in [-0.05, 0) is 47.5 Å². The van der Waals surface area contributed by atoms with E-state index >= 15 is 0 Å². The Balaban J connectivity index is 1.93. The van der Waals surface area contributed by atoms with Gasteiger partial charge in [-0.3, -0.25) is 14.9 Å². The van der Waals surface area contributed by atoms with Gasteiger partial charge in [0, 0.05) is 17.7 Å². The van der Waals surface area contributed by atoms with E-state index in [4.69, 9.17) is 23.7 Å². The number of carbonyl (C=O) groups is 1. The molecule has 204 valence electrons. The van der Waals surface area contributed by atoms with Crippen LogP contribution in [-0.4, -0.2) is 51.5 Å². The van der Waals surface area contributed by atoms with Crippen molar-refractivity contribution in [1.29, 1.82) is 0 Å². The van der Waals surface area contributed by atoms with Crippen molar-refractivity contribution in [3.8, 4) is 34.5 Å². The van der Waals surface area contributed by atoms with E-state index in [1.165, 1.54) is 65.9 Å². The summed E-state index contributed by atoms with van der Waals surface area (Å²) in [6.45, 7) is 0. The zero-order valence-corrected chi connectivity index (χ0v) is 22.0. The molecule has 11 heteroatoms. The third kappa shape index (κ3) is 6.58. The number of rotatable bonds is 11. The first kappa shape index (κ1) is 28.4. The highest BCUT2D eigenvalue weighted by Crippen LogP contribution is 2.40. The normalized spacial score (nSPS) is 10.9. The number of nitrogens with one attached hydrogen (secondary N) is 1. The number of carbonyl (C=O) groups excluding carboxylic acids is 1. The van der Waals surface area contributed by atoms with Crippen molar-refractivity contribution < 1.29 is 38.5 Å². The van der Waals surface area contributed by atoms with Gasteiger partial charge in [-0.2, -0.15) is 0 Å². The standard InChI is InChI=1S/C28H28N2O9/c1-35-22-12-7-17(14-20(22)30(33)34)8-13-25(32)29-26-19(10-11-21(31)27(26)38-4)9-6-18-15-23(36-2)28(39-5)24(16-18)37-3/h6-16,31H,1-5H3,(H,29,32)/b9-6?,13-8+. The molecule has 0 unspecified atom stereocenters. The van der Waals surface area contributed by atoms with E-state index in [-0.39, 0.29) is 28.6 Å². The summed E-state index contributed by atoms with van der Waals surface area (Å²) >= 11 is 0. The first-order valence-corrected chi connectivity index (χ1v) is 11.5. The van der Waals surface area contributed by atoms with Crippen molar-refractivity contribution in [1.82, 2.24) is 0 Å². The lowest BCUT2D eigenvalue weighted by molar-refractivity contribution is -0.385. The molecular weight excluding hydrogens is 508 g/mol. The molecule has 0 saturated heterocycles. The van der Waals surface area contributed by atoms with Crippen LogP contribution >= 0.6 is 0 Å². The predicted molar refractivity (Wildman–Crippen MR) is 147 cm³/mol. The van der Waals surface area contributed by atoms with Crippen LogP contribution in [-0.2, 0) is 4.79 Å². The van der Waals surface area contributed by atoms with Crippen LogP contribution in [0.15, 0.2) is 48.5 Å². The Kier molecular flexibility index (Phi) is 9.36. The maximum absolute atomic E-state index is 12.8. The first-order valence-electron chi connectivity index (χ1n) is 11.5. The van der Waals surface area contributed by atoms with E-state index in [9.17, 15) is 20.0 Å². The van der Waals surface area contributed by atoms with Crippen LogP contribution < -0.4 is 29.0 Å². The molecule has 3 aromatic carbocycles. The molecule has 0 aliphatic heterocycles. The van der Waals surface area contributed by atoms with Gasteiger partial charge in [0.1, 0.15) is 0 Å². The van der Waals surface area contributed by atoms with Crippen LogP contribution in [0.4, 0.5) is 11.4 Å². The number of anilines is 1. The van der Waals surface area contributed by atoms with E-state index in [0.29, 0.717) is 28.4 Å². The largest absolute Gasteiger partial charge is 0.504 e. The van der Waals surface area contributed by atoms with Crippen LogP contribution in [0.25, 0.3) is 18.2 Å². The summed E-state index contributed by atoms with van der Waals surface area (Å²) in [5.74, 6) is 0.825. The molecule has 0 atom stereocenters. The van der Waals surface area contributed by atoms with Crippen molar-refractivity contribution >= 4 is 35.5 Å². The number of nitrogens with zero attached hydrogens (tertiary/aromatic N) is 1. The van der Waals surface area contributed by atoms with Crippen LogP contribution in [0.5, 0.6) is 34.5 Å². The molecule has 0 aliphatic rings. The van der Waals surface area contributed by atoms with Gasteiger partial charge < -0.3 is 34.1 Å². The average Bonchev–Trinajstić information content (AvgIpc) is 2.94. The highest BCUT2D eigenvalue weighted by molar-refractivity contribution is 6.04. The van der Waals surface area contributed by atoms with Gasteiger partial charge in [0.2, 0.25) is 11.7 Å². The minimum absolute atomic E-state index is 0.0591. The number of nitro benzene ring substituents is 1. The van der Waals surface area contributed by atoms with Gasteiger partial charge in [-0.15, -0.1) is 0 Å². The monoisotopic (exact) mass is 536 g/mol. The third-order valence-electron chi connectivity index (χ3n) is 5.59. The van der Waals surface area contributed by atoms with Crippen LogP contribution in [0, 0.1) is 10.1 Å². The molecule has 0 aliphatic carbocycles. The van der Waals surface area contributed by atoms with E-state index in [1.54, 1.807) is 36.4 Å². The van der Waals surface area contributed by atoms with Crippen molar-refractivity contribution in [2.45, 2.75) is 0 Å². The second-order valence-electron chi connectivity index (χ2n) is 7.89. The molecule has 0 saturated carbocycles. The summed E-state index contributed by atoms with van der Waals surface area (Å²) in [5, 5.41) is 24.3. The summed E-state index contributed by atoms with van der Waals surface area (Å²) in [6.07, 6.45) is 6.11. The Morgan fingerprint density at radius 3 is 2.00 bits per heavy atom. The van der Waals surface area contributed by atoms with Gasteiger partial charge in [-0.1, -0.05) is 18.2 Å². The van der Waals surface area contributed by atoms with Gasteiger partial charge in [0.25, 0.3) is 0 Å². The molecule has 3 aromatic rings. The fourth-order valence-corrected chi connectivity index (χ4v) is 3.74. The third-order valence-corrected chi connectivity index (χ3v) is 5.59. The zero-order chi connectivity index (χ0) is 28.5. The molecule has 0 spiro atoms. The van der Waals surface area contributed by atoms with Gasteiger partial charge in [0.05, 0.1) is 46.2 Å². The Labute approximate surface area is 225 Å². The van der Waals surface area contributed by atoms with E-state index in [2.05, 4.69) is 5.32 Å². The summed E-state index contributed by atoms with van der Waals surface area (Å²) in [6, 6.07) is 10.9. The highest BCUT2D eigenvalue weighted by atomic mass is 16.6. The molecule has 0 heterocycles. The number of benzene rings is 3. The van der Waals surface area contributed by atoms with Crippen LogP contribution in [0.1, 0.15) is 16.7 Å². The maximum Gasteiger partial charge on any atom is 0.311 e. The average molecular weight is 537 g/mol. The molecule has 39 heavy (non-hydrogen) atoms. The lowest BCUT2D eigenvalue weighted by Crippen LogP contribution is -2.10. The van der Waals surface area contributed by atoms with Gasteiger partial charge >= 0.3 is 5.69 Å². The molecule has 0 aromatic heterocycles. The van der Waals surface area contributed by atoms with Crippen molar-refractivity contribution in [2.24, 2.45) is 0 Å². The summed E-state index contributed by atoms with van der Waals surface area (Å²) in [7, 11) is 7.24. The number of ether oxygens (including phenoxy) is 5. The number of aromatic hydroxyl groups is 1. The fourth-order valence-electron chi connectivity index (χ4n) is 3.74. The van der Waals surface area contributed by atoms with E-state index < -0.39 is 10.8 Å². The Hall–Kier alpha value is -5.19. The summed E-state index contributed by atoms with van der Waals surface area (Å²) in [4.78, 5) is 23.5. The highest BCUT2D eigenvalue weighted by Gasteiger charge is 2.17. The molecule has 11 nitrogen and oxygen atoms in total. The number of amides is 1. The fraction of sp³-hybridized carbons (Fsp3) is 0.179. The molecule has 0 bridgehead atoms. The number of methoxy groups -OCH3 is 5. The number of hydrogen-bond acceptors (Lipinski definition) is 9. The summed E-state index contributed by atoms with van der Waals surface area (Å²) in [5.41, 5.74) is 1.66. The van der Waals surface area contributed by atoms with Crippen LogP contribution in [0.3, 0.4) is 0 Å². The Bertz CT molecular complexity index is 1410. The van der Waals surface area contributed by atoms with Gasteiger partial charge in [0.15, 0.2) is 28.7 Å². The molecule has 3 rings (SSSR count). The number of phenolic OH excluding ortho intramolecular Hbond substituents is 1. The quantitative estimate of drug-likeness (QED) is 0.147. The molecule has 0 radical (unpaired) electrons. The first-order chi connectivity index (χ1) is 18.8. The van der Waals surface area contributed by atoms with E-state index in [1.807, 2.05) is 0 Å². The molecule has 2 N–H and O–H groups in total. The smallest absolute Gasteiger partial charge is 0.311 e. The Morgan fingerprint density at radius 2 is 1.44 bits per heavy atom. The van der Waals surface area contributed by atoms with Crippen molar-refractivity contribution in [3.63, 3.8) is 0 Å². The lowest BCUT2D eigenvalue weighted by Gasteiger charge is -2.14. The van der Waals surface area contributed by atoms with Crippen molar-refractivity contribution in [3.05, 3.63) is 75.3 Å². The minimum atomic E-state index is -0.569. The second kappa shape index (κ2) is 12.9. The second-order valence-corrected chi connectivity index (χ2v) is 7.89.